The van der Waals surface area contributed by atoms with E-state index in [-0.39, 0.29) is 6.54 Å². The summed E-state index contributed by atoms with van der Waals surface area (Å²) in [4.78, 5) is 0. The van der Waals surface area contributed by atoms with Gasteiger partial charge in [0.25, 0.3) is 0 Å². The highest BCUT2D eigenvalue weighted by Crippen LogP contribution is 2.23. The van der Waals surface area contributed by atoms with E-state index in [1.54, 1.807) is 0 Å². The van der Waals surface area contributed by atoms with Crippen molar-refractivity contribution in [2.75, 3.05) is 19.7 Å². The molecule has 0 bridgehead atoms. The molecule has 0 aromatic heterocycles. The molecule has 0 spiro atoms. The van der Waals surface area contributed by atoms with E-state index in [1.165, 1.54) is 6.92 Å². The first-order valence-electron chi connectivity index (χ1n) is 4.59. The fraction of sp³-hybridized carbons (Fsp3) is 1.00. The topological polar surface area (TPSA) is 21.3 Å². The molecule has 0 aliphatic carbocycles. The minimum absolute atomic E-state index is 0.362. The second-order valence-corrected chi connectivity index (χ2v) is 3.43. The third-order valence-electron chi connectivity index (χ3n) is 1.64. The average Bonchev–Trinajstić information content (AvgIpc) is 2.12. The molecular formula is C8H12F7NO. The van der Waals surface area contributed by atoms with Gasteiger partial charge in [0, 0.05) is 6.54 Å². The Hall–Kier alpha value is -0.570. The van der Waals surface area contributed by atoms with E-state index in [9.17, 15) is 30.7 Å². The summed E-state index contributed by atoms with van der Waals surface area (Å²) in [6, 6.07) is 0. The number of hydrogen-bond acceptors (Lipinski definition) is 2. The van der Waals surface area contributed by atoms with Gasteiger partial charge in [-0.15, -0.1) is 0 Å². The van der Waals surface area contributed by atoms with Crippen LogP contribution in [-0.4, -0.2) is 44.3 Å². The Kier molecular flexibility index (Phi) is 6.17. The Balaban J connectivity index is 3.77. The van der Waals surface area contributed by atoms with Crippen LogP contribution in [0.5, 0.6) is 0 Å². The lowest BCUT2D eigenvalue weighted by Crippen LogP contribution is -2.38. The van der Waals surface area contributed by atoms with Crippen LogP contribution in [0.15, 0.2) is 0 Å². The molecule has 0 saturated carbocycles. The normalized spacial score (nSPS) is 15.4. The molecule has 9 heteroatoms. The molecule has 0 rings (SSSR count). The van der Waals surface area contributed by atoms with Crippen molar-refractivity contribution in [3.63, 3.8) is 0 Å². The minimum Gasteiger partial charge on any atom is -0.371 e. The quantitative estimate of drug-likeness (QED) is 0.718. The van der Waals surface area contributed by atoms with Gasteiger partial charge in [0.15, 0.2) is 0 Å². The molecule has 0 heterocycles. The van der Waals surface area contributed by atoms with Gasteiger partial charge >= 0.3 is 18.5 Å². The predicted molar refractivity (Wildman–Crippen MR) is 45.3 cm³/mol. The zero-order valence-corrected chi connectivity index (χ0v) is 8.83. The van der Waals surface area contributed by atoms with Crippen LogP contribution in [0.25, 0.3) is 0 Å². The monoisotopic (exact) mass is 271 g/mol. The van der Waals surface area contributed by atoms with Gasteiger partial charge in [0.05, 0.1) is 12.6 Å². The van der Waals surface area contributed by atoms with Gasteiger partial charge < -0.3 is 10.1 Å². The molecule has 0 aromatic rings. The van der Waals surface area contributed by atoms with E-state index >= 15 is 0 Å². The van der Waals surface area contributed by atoms with Crippen LogP contribution in [0, 0.1) is 0 Å². The van der Waals surface area contributed by atoms with E-state index in [1.807, 2.05) is 5.32 Å². The average molecular weight is 271 g/mol. The molecule has 0 radical (unpaired) electrons. The molecule has 1 unspecified atom stereocenters. The van der Waals surface area contributed by atoms with E-state index < -0.39 is 37.8 Å². The van der Waals surface area contributed by atoms with Gasteiger partial charge in [-0.05, 0) is 6.92 Å². The Bertz CT molecular complexity index is 218. The van der Waals surface area contributed by atoms with Crippen LogP contribution in [0.2, 0.25) is 0 Å². The van der Waals surface area contributed by atoms with Crippen molar-refractivity contribution in [2.45, 2.75) is 31.6 Å². The predicted octanol–water partition coefficient (Wildman–Crippen LogP) is 2.44. The largest absolute Gasteiger partial charge is 0.401 e. The molecular weight excluding hydrogens is 259 g/mol. The molecule has 17 heavy (non-hydrogen) atoms. The molecule has 0 amide bonds. The standard InChI is InChI=1S/C8H12F7NO/c1-5(2-16-3-8(13,14)15)17-4-7(11,12)6(9)10/h5-6,16H,2-4H2,1H3. The van der Waals surface area contributed by atoms with Crippen LogP contribution >= 0.6 is 0 Å². The van der Waals surface area contributed by atoms with E-state index in [0.29, 0.717) is 0 Å². The Morgan fingerprint density at radius 3 is 2.06 bits per heavy atom. The maximum absolute atomic E-state index is 12.3. The second kappa shape index (κ2) is 6.39. The summed E-state index contributed by atoms with van der Waals surface area (Å²) in [6.45, 7) is -1.99. The molecule has 0 aliphatic heterocycles. The lowest BCUT2D eigenvalue weighted by atomic mass is 10.3. The fourth-order valence-corrected chi connectivity index (χ4v) is 0.792. The van der Waals surface area contributed by atoms with Crippen LogP contribution in [0.1, 0.15) is 6.92 Å². The van der Waals surface area contributed by atoms with Crippen molar-refractivity contribution in [3.8, 4) is 0 Å². The van der Waals surface area contributed by atoms with Crippen molar-refractivity contribution in [1.82, 2.24) is 5.32 Å². The van der Waals surface area contributed by atoms with Crippen molar-refractivity contribution in [3.05, 3.63) is 0 Å². The summed E-state index contributed by atoms with van der Waals surface area (Å²) in [5, 5.41) is 1.91. The van der Waals surface area contributed by atoms with Gasteiger partial charge in [-0.2, -0.15) is 22.0 Å². The van der Waals surface area contributed by atoms with Gasteiger partial charge in [-0.25, -0.2) is 8.78 Å². The van der Waals surface area contributed by atoms with Gasteiger partial charge in [-0.3, -0.25) is 0 Å². The van der Waals surface area contributed by atoms with Crippen molar-refractivity contribution < 1.29 is 35.5 Å². The van der Waals surface area contributed by atoms with Crippen LogP contribution < -0.4 is 5.32 Å². The zero-order chi connectivity index (χ0) is 13.7. The SMILES string of the molecule is CC(CNCC(F)(F)F)OCC(F)(F)C(F)F. The van der Waals surface area contributed by atoms with Crippen molar-refractivity contribution >= 4 is 0 Å². The van der Waals surface area contributed by atoms with Crippen molar-refractivity contribution in [2.24, 2.45) is 0 Å². The van der Waals surface area contributed by atoms with E-state index in [2.05, 4.69) is 4.74 Å². The number of ether oxygens (including phenoxy) is 1. The summed E-state index contributed by atoms with van der Waals surface area (Å²) in [6.07, 6.45) is -9.31. The number of alkyl halides is 7. The highest BCUT2D eigenvalue weighted by molar-refractivity contribution is 4.69. The molecule has 0 aromatic carbocycles. The first-order chi connectivity index (χ1) is 7.54. The number of halogens is 7. The van der Waals surface area contributed by atoms with E-state index in [0.717, 1.165) is 0 Å². The highest BCUT2D eigenvalue weighted by Gasteiger charge is 2.41. The summed E-state index contributed by atoms with van der Waals surface area (Å²) >= 11 is 0. The molecule has 104 valence electrons. The molecule has 0 saturated heterocycles. The maximum atomic E-state index is 12.3. The first-order valence-corrected chi connectivity index (χ1v) is 4.59. The van der Waals surface area contributed by atoms with E-state index in [4.69, 9.17) is 0 Å². The summed E-state index contributed by atoms with van der Waals surface area (Å²) in [5.41, 5.74) is 0. The Morgan fingerprint density at radius 2 is 1.65 bits per heavy atom. The first kappa shape index (κ1) is 16.4. The highest BCUT2D eigenvalue weighted by atomic mass is 19.4. The third-order valence-corrected chi connectivity index (χ3v) is 1.64. The number of rotatable bonds is 7. The zero-order valence-electron chi connectivity index (χ0n) is 8.83. The molecule has 0 fully saturated rings. The molecule has 0 aliphatic rings. The third kappa shape index (κ3) is 8.19. The van der Waals surface area contributed by atoms with Crippen LogP contribution in [-0.2, 0) is 4.74 Å². The molecule has 2 nitrogen and oxygen atoms in total. The van der Waals surface area contributed by atoms with Gasteiger partial charge in [-0.1, -0.05) is 0 Å². The van der Waals surface area contributed by atoms with Crippen LogP contribution in [0.4, 0.5) is 30.7 Å². The fourth-order valence-electron chi connectivity index (χ4n) is 0.792. The number of hydrogen-bond donors (Lipinski definition) is 1. The van der Waals surface area contributed by atoms with Crippen molar-refractivity contribution in [1.29, 1.82) is 0 Å². The minimum atomic E-state index is -4.42. The van der Waals surface area contributed by atoms with Gasteiger partial charge in [0.2, 0.25) is 0 Å². The Labute approximate surface area is 93.1 Å². The summed E-state index contributed by atoms with van der Waals surface area (Å²) in [5.74, 6) is -4.29. The summed E-state index contributed by atoms with van der Waals surface area (Å²) < 4.78 is 87.4. The van der Waals surface area contributed by atoms with Gasteiger partial charge in [0.1, 0.15) is 6.61 Å². The van der Waals surface area contributed by atoms with Crippen LogP contribution in [0.3, 0.4) is 0 Å². The lowest BCUT2D eigenvalue weighted by molar-refractivity contribution is -0.174. The smallest absolute Gasteiger partial charge is 0.371 e. The maximum Gasteiger partial charge on any atom is 0.401 e. The lowest BCUT2D eigenvalue weighted by Gasteiger charge is -2.19. The second-order valence-electron chi connectivity index (χ2n) is 3.43. The molecule has 1 N–H and O–H groups in total. The molecule has 1 atom stereocenters. The number of nitrogens with one attached hydrogen (secondary N) is 1. The summed E-state index contributed by atoms with van der Waals surface area (Å²) in [7, 11) is 0. The Morgan fingerprint density at radius 1 is 1.12 bits per heavy atom.